The van der Waals surface area contributed by atoms with Crippen molar-refractivity contribution in [2.75, 3.05) is 23.3 Å². The number of anilines is 2. The molecule has 1 aliphatic carbocycles. The van der Waals surface area contributed by atoms with E-state index in [1.54, 1.807) is 25.1 Å². The van der Waals surface area contributed by atoms with Gasteiger partial charge in [0.15, 0.2) is 12.0 Å². The minimum Gasteiger partial charge on any atom is -0.443 e. The van der Waals surface area contributed by atoms with E-state index in [4.69, 9.17) is 4.42 Å². The molecule has 0 atom stereocenters. The molecule has 5 rings (SSSR count). The van der Waals surface area contributed by atoms with Crippen LogP contribution < -0.4 is 15.8 Å². The van der Waals surface area contributed by atoms with E-state index in [1.807, 2.05) is 6.07 Å². The van der Waals surface area contributed by atoms with Crippen molar-refractivity contribution >= 4 is 28.5 Å². The third-order valence-corrected chi connectivity index (χ3v) is 6.22. The SMILES string of the molecule is Cc1cc(N2CCC3(CCC3)C2)nn(CC(=O)Nc2ccc3ocnc3c2)c1=O. The minimum atomic E-state index is -0.309. The lowest BCUT2D eigenvalue weighted by atomic mass is 9.68. The van der Waals surface area contributed by atoms with Crippen LogP contribution in [0.4, 0.5) is 11.5 Å². The quantitative estimate of drug-likeness (QED) is 0.733. The van der Waals surface area contributed by atoms with E-state index < -0.39 is 0 Å². The van der Waals surface area contributed by atoms with Crippen molar-refractivity contribution in [1.82, 2.24) is 14.8 Å². The predicted molar refractivity (Wildman–Crippen MR) is 109 cm³/mol. The predicted octanol–water partition coefficient (Wildman–Crippen LogP) is 2.71. The molecule has 1 aromatic carbocycles. The Kier molecular flexibility index (Phi) is 4.15. The van der Waals surface area contributed by atoms with E-state index >= 15 is 0 Å². The maximum atomic E-state index is 12.5. The average Bonchev–Trinajstić information content (AvgIpc) is 3.31. The van der Waals surface area contributed by atoms with Gasteiger partial charge in [-0.2, -0.15) is 5.10 Å². The highest BCUT2D eigenvalue weighted by atomic mass is 16.3. The Labute approximate surface area is 167 Å². The third kappa shape index (κ3) is 3.28. The molecule has 150 valence electrons. The lowest BCUT2D eigenvalue weighted by Crippen LogP contribution is -2.36. The summed E-state index contributed by atoms with van der Waals surface area (Å²) in [5.41, 5.74) is 2.71. The number of carbonyl (C=O) groups excluding carboxylic acids is 1. The summed E-state index contributed by atoms with van der Waals surface area (Å²) in [6.07, 6.45) is 6.40. The fraction of sp³-hybridized carbons (Fsp3) is 0.429. The Morgan fingerprint density at radius 2 is 2.14 bits per heavy atom. The number of nitrogens with one attached hydrogen (secondary N) is 1. The van der Waals surface area contributed by atoms with Gasteiger partial charge < -0.3 is 14.6 Å². The topological polar surface area (TPSA) is 93.3 Å². The Morgan fingerprint density at radius 3 is 2.90 bits per heavy atom. The summed E-state index contributed by atoms with van der Waals surface area (Å²) in [4.78, 5) is 31.4. The van der Waals surface area contributed by atoms with Gasteiger partial charge >= 0.3 is 0 Å². The Hall–Kier alpha value is -3.16. The van der Waals surface area contributed by atoms with Gasteiger partial charge in [-0.05, 0) is 55.9 Å². The zero-order valence-electron chi connectivity index (χ0n) is 16.4. The van der Waals surface area contributed by atoms with Gasteiger partial charge in [0.2, 0.25) is 5.91 Å². The van der Waals surface area contributed by atoms with Crippen molar-refractivity contribution in [1.29, 1.82) is 0 Å². The van der Waals surface area contributed by atoms with Crippen LogP contribution in [-0.2, 0) is 11.3 Å². The normalized spacial score (nSPS) is 17.6. The fourth-order valence-electron chi connectivity index (χ4n) is 4.41. The lowest BCUT2D eigenvalue weighted by molar-refractivity contribution is -0.117. The van der Waals surface area contributed by atoms with Crippen molar-refractivity contribution in [3.05, 3.63) is 46.6 Å². The number of benzene rings is 1. The minimum absolute atomic E-state index is 0.136. The molecule has 1 saturated heterocycles. The van der Waals surface area contributed by atoms with E-state index in [0.29, 0.717) is 27.8 Å². The molecule has 1 N–H and O–H groups in total. The second-order valence-electron chi connectivity index (χ2n) is 8.26. The molecule has 3 heterocycles. The number of aryl methyl sites for hydroxylation is 1. The van der Waals surface area contributed by atoms with Crippen LogP contribution in [0.25, 0.3) is 11.1 Å². The maximum absolute atomic E-state index is 12.5. The second kappa shape index (κ2) is 6.72. The van der Waals surface area contributed by atoms with Crippen LogP contribution in [0.2, 0.25) is 0 Å². The monoisotopic (exact) mass is 393 g/mol. The largest absolute Gasteiger partial charge is 0.443 e. The molecule has 2 fully saturated rings. The van der Waals surface area contributed by atoms with Crippen LogP contribution in [-0.4, -0.2) is 33.8 Å². The first kappa shape index (κ1) is 17.9. The summed E-state index contributed by atoms with van der Waals surface area (Å²) in [5, 5.41) is 7.31. The van der Waals surface area contributed by atoms with Crippen molar-refractivity contribution in [3.63, 3.8) is 0 Å². The summed E-state index contributed by atoms with van der Waals surface area (Å²) < 4.78 is 6.47. The molecule has 8 heteroatoms. The van der Waals surface area contributed by atoms with E-state index in [2.05, 4.69) is 20.3 Å². The Balaban J connectivity index is 1.34. The molecular weight excluding hydrogens is 370 g/mol. The molecule has 1 aliphatic heterocycles. The number of aromatic nitrogens is 3. The van der Waals surface area contributed by atoms with Crippen LogP contribution in [0.5, 0.6) is 0 Å². The lowest BCUT2D eigenvalue weighted by Gasteiger charge is -2.38. The molecular formula is C21H23N5O3. The van der Waals surface area contributed by atoms with Gasteiger partial charge in [0.05, 0.1) is 0 Å². The van der Waals surface area contributed by atoms with Gasteiger partial charge in [0.25, 0.3) is 5.56 Å². The van der Waals surface area contributed by atoms with Crippen LogP contribution in [0.1, 0.15) is 31.2 Å². The summed E-state index contributed by atoms with van der Waals surface area (Å²) in [7, 11) is 0. The summed E-state index contributed by atoms with van der Waals surface area (Å²) >= 11 is 0. The number of oxazole rings is 1. The standard InChI is InChI=1S/C21H23N5O3/c1-14-9-18(25-8-7-21(12-25)5-2-6-21)24-26(20(14)28)11-19(27)23-15-3-4-17-16(10-15)22-13-29-17/h3-4,9-10,13H,2,5-8,11-12H2,1H3,(H,23,27). The van der Waals surface area contributed by atoms with Crippen molar-refractivity contribution in [2.24, 2.45) is 5.41 Å². The van der Waals surface area contributed by atoms with Gasteiger partial charge in [0, 0.05) is 24.3 Å². The molecule has 2 aromatic heterocycles. The van der Waals surface area contributed by atoms with Crippen LogP contribution in [0, 0.1) is 12.3 Å². The van der Waals surface area contributed by atoms with Crippen LogP contribution in [0.3, 0.4) is 0 Å². The average molecular weight is 393 g/mol. The summed E-state index contributed by atoms with van der Waals surface area (Å²) in [5.74, 6) is 0.471. The number of rotatable bonds is 4. The molecule has 0 radical (unpaired) electrons. The van der Waals surface area contributed by atoms with Gasteiger partial charge in [-0.3, -0.25) is 9.59 Å². The molecule has 1 saturated carbocycles. The number of hydrogen-bond donors (Lipinski definition) is 1. The van der Waals surface area contributed by atoms with Crippen LogP contribution >= 0.6 is 0 Å². The maximum Gasteiger partial charge on any atom is 0.270 e. The van der Waals surface area contributed by atoms with E-state index in [-0.39, 0.29) is 18.0 Å². The van der Waals surface area contributed by atoms with Crippen molar-refractivity contribution in [3.8, 4) is 0 Å². The molecule has 0 unspecified atom stereocenters. The first-order valence-electron chi connectivity index (χ1n) is 9.98. The molecule has 8 nitrogen and oxygen atoms in total. The highest BCUT2D eigenvalue weighted by Gasteiger charge is 2.43. The molecule has 0 bridgehead atoms. The van der Waals surface area contributed by atoms with E-state index in [0.717, 1.165) is 18.9 Å². The fourth-order valence-corrected chi connectivity index (χ4v) is 4.41. The molecule has 3 aromatic rings. The number of hydrogen-bond acceptors (Lipinski definition) is 6. The first-order valence-corrected chi connectivity index (χ1v) is 9.98. The number of carbonyl (C=O) groups is 1. The number of nitrogens with zero attached hydrogens (tertiary/aromatic N) is 4. The number of fused-ring (bicyclic) bond motifs is 1. The van der Waals surface area contributed by atoms with Gasteiger partial charge in [-0.25, -0.2) is 9.67 Å². The first-order chi connectivity index (χ1) is 14.0. The Morgan fingerprint density at radius 1 is 1.28 bits per heavy atom. The summed E-state index contributed by atoms with van der Waals surface area (Å²) in [6.45, 7) is 3.58. The zero-order valence-corrected chi connectivity index (χ0v) is 16.4. The molecule has 1 amide bonds. The third-order valence-electron chi connectivity index (χ3n) is 6.22. The van der Waals surface area contributed by atoms with Crippen molar-refractivity contribution in [2.45, 2.75) is 39.2 Å². The van der Waals surface area contributed by atoms with Crippen LogP contribution in [0.15, 0.2) is 39.9 Å². The molecule has 1 spiro atoms. The smallest absolute Gasteiger partial charge is 0.270 e. The van der Waals surface area contributed by atoms with E-state index in [9.17, 15) is 9.59 Å². The van der Waals surface area contributed by atoms with Gasteiger partial charge in [0.1, 0.15) is 17.9 Å². The van der Waals surface area contributed by atoms with Gasteiger partial charge in [-0.1, -0.05) is 6.42 Å². The summed E-state index contributed by atoms with van der Waals surface area (Å²) in [6, 6.07) is 7.06. The molecule has 2 aliphatic rings. The highest BCUT2D eigenvalue weighted by Crippen LogP contribution is 2.48. The second-order valence-corrected chi connectivity index (χ2v) is 8.26. The highest BCUT2D eigenvalue weighted by molar-refractivity contribution is 5.92. The number of amides is 1. The molecule has 29 heavy (non-hydrogen) atoms. The van der Waals surface area contributed by atoms with E-state index in [1.165, 1.54) is 36.8 Å². The Bertz CT molecular complexity index is 1140. The van der Waals surface area contributed by atoms with Gasteiger partial charge in [-0.15, -0.1) is 0 Å². The van der Waals surface area contributed by atoms with Crippen molar-refractivity contribution < 1.29 is 9.21 Å². The zero-order chi connectivity index (χ0) is 20.0.